The van der Waals surface area contributed by atoms with Gasteiger partial charge in [-0.25, -0.2) is 4.98 Å². The summed E-state index contributed by atoms with van der Waals surface area (Å²) in [7, 11) is 0. The summed E-state index contributed by atoms with van der Waals surface area (Å²) >= 11 is 4.18. The molecule has 23 heavy (non-hydrogen) atoms. The minimum atomic E-state index is 0.0431. The zero-order valence-corrected chi connectivity index (χ0v) is 13.0. The first-order valence-electron chi connectivity index (χ1n) is 7.02. The highest BCUT2D eigenvalue weighted by molar-refractivity contribution is 7.80. The van der Waals surface area contributed by atoms with Crippen molar-refractivity contribution in [3.63, 3.8) is 0 Å². The van der Waals surface area contributed by atoms with E-state index in [1.807, 2.05) is 18.2 Å². The van der Waals surface area contributed by atoms with Gasteiger partial charge in [0.25, 0.3) is 0 Å². The van der Waals surface area contributed by atoms with Crippen molar-refractivity contribution in [2.45, 2.75) is 17.4 Å². The maximum atomic E-state index is 9.37. The standard InChI is InChI=1S/C16H13N5OS/c17-5-11-14(12(6-18)16(23)21-15(11)19)13-2-1-9(7-20-13)10-3-4-22-8-10/h1-2,7,10H,3-4,8H2,(H3,19,21,23). The van der Waals surface area contributed by atoms with Crippen LogP contribution in [0.2, 0.25) is 0 Å². The topological polar surface area (TPSA) is 109 Å². The van der Waals surface area contributed by atoms with E-state index in [-0.39, 0.29) is 22.0 Å². The van der Waals surface area contributed by atoms with E-state index in [1.165, 1.54) is 0 Å². The highest BCUT2D eigenvalue weighted by atomic mass is 32.1. The number of nitrogen functional groups attached to an aromatic ring is 1. The molecule has 0 amide bonds. The number of nitriles is 2. The predicted molar refractivity (Wildman–Crippen MR) is 86.7 cm³/mol. The van der Waals surface area contributed by atoms with Crippen LogP contribution in [-0.4, -0.2) is 23.2 Å². The number of ether oxygens (including phenoxy) is 1. The molecule has 2 N–H and O–H groups in total. The zero-order chi connectivity index (χ0) is 16.4. The predicted octanol–water partition coefficient (Wildman–Crippen LogP) is 2.26. The Morgan fingerprint density at radius 3 is 2.61 bits per heavy atom. The summed E-state index contributed by atoms with van der Waals surface area (Å²) in [5, 5.41) is 18.9. The SMILES string of the molecule is N#Cc1c(N)nc(S)c(C#N)c1-c1ccc(C2CCOC2)cn1. The summed E-state index contributed by atoms with van der Waals surface area (Å²) in [6.07, 6.45) is 2.72. The number of nitrogens with zero attached hydrogens (tertiary/aromatic N) is 4. The third-order valence-corrected chi connectivity index (χ3v) is 4.20. The average molecular weight is 323 g/mol. The zero-order valence-electron chi connectivity index (χ0n) is 12.2. The summed E-state index contributed by atoms with van der Waals surface area (Å²) in [6, 6.07) is 7.76. The molecule has 0 aromatic carbocycles. The third-order valence-electron chi connectivity index (χ3n) is 3.87. The molecule has 7 heteroatoms. The molecule has 6 nitrogen and oxygen atoms in total. The van der Waals surface area contributed by atoms with Gasteiger partial charge in [0.15, 0.2) is 0 Å². The molecule has 2 aromatic heterocycles. The Hall–Kier alpha value is -2.61. The molecule has 1 atom stereocenters. The van der Waals surface area contributed by atoms with Gasteiger partial charge in [-0.1, -0.05) is 6.07 Å². The van der Waals surface area contributed by atoms with Crippen LogP contribution in [0.4, 0.5) is 5.82 Å². The summed E-state index contributed by atoms with van der Waals surface area (Å²) < 4.78 is 5.38. The molecule has 1 aliphatic heterocycles. The van der Waals surface area contributed by atoms with Crippen molar-refractivity contribution in [3.8, 4) is 23.4 Å². The molecule has 1 aliphatic rings. The molecule has 0 bridgehead atoms. The van der Waals surface area contributed by atoms with Crippen LogP contribution in [0, 0.1) is 22.7 Å². The van der Waals surface area contributed by atoms with E-state index in [0.29, 0.717) is 23.8 Å². The number of nitrogens with two attached hydrogens (primary N) is 1. The van der Waals surface area contributed by atoms with Gasteiger partial charge in [0.05, 0.1) is 17.9 Å². The van der Waals surface area contributed by atoms with E-state index in [0.717, 1.165) is 18.6 Å². The van der Waals surface area contributed by atoms with Crippen molar-refractivity contribution in [3.05, 3.63) is 35.0 Å². The van der Waals surface area contributed by atoms with Crippen molar-refractivity contribution in [2.75, 3.05) is 18.9 Å². The molecule has 1 unspecified atom stereocenters. The quantitative estimate of drug-likeness (QED) is 0.821. The molecule has 0 aliphatic carbocycles. The Labute approximate surface area is 139 Å². The van der Waals surface area contributed by atoms with E-state index < -0.39 is 0 Å². The minimum Gasteiger partial charge on any atom is -0.383 e. The fourth-order valence-electron chi connectivity index (χ4n) is 2.66. The molecule has 3 heterocycles. The highest BCUT2D eigenvalue weighted by Gasteiger charge is 2.21. The Morgan fingerprint density at radius 1 is 1.26 bits per heavy atom. The van der Waals surface area contributed by atoms with Gasteiger partial charge in [0.1, 0.15) is 28.5 Å². The fourth-order valence-corrected chi connectivity index (χ4v) is 2.93. The van der Waals surface area contributed by atoms with Crippen molar-refractivity contribution in [1.82, 2.24) is 9.97 Å². The lowest BCUT2D eigenvalue weighted by Crippen LogP contribution is -2.04. The van der Waals surface area contributed by atoms with Gasteiger partial charge >= 0.3 is 0 Å². The number of aromatic nitrogens is 2. The van der Waals surface area contributed by atoms with Gasteiger partial charge in [0.2, 0.25) is 0 Å². The van der Waals surface area contributed by atoms with Crippen molar-refractivity contribution in [2.24, 2.45) is 0 Å². The first-order chi connectivity index (χ1) is 11.2. The molecule has 114 valence electrons. The summed E-state index contributed by atoms with van der Waals surface area (Å²) in [4.78, 5) is 8.35. The van der Waals surface area contributed by atoms with Crippen LogP contribution in [-0.2, 0) is 4.74 Å². The maximum Gasteiger partial charge on any atom is 0.143 e. The first kappa shape index (κ1) is 15.3. The van der Waals surface area contributed by atoms with E-state index in [2.05, 4.69) is 22.6 Å². The average Bonchev–Trinajstić information content (AvgIpc) is 3.09. The van der Waals surface area contributed by atoms with Crippen LogP contribution in [0.15, 0.2) is 23.4 Å². The van der Waals surface area contributed by atoms with Crippen molar-refractivity contribution < 1.29 is 4.74 Å². The molecule has 1 saturated heterocycles. The third kappa shape index (κ3) is 2.72. The van der Waals surface area contributed by atoms with Crippen molar-refractivity contribution >= 4 is 18.4 Å². The van der Waals surface area contributed by atoms with Gasteiger partial charge in [0, 0.05) is 24.3 Å². The van der Waals surface area contributed by atoms with Crippen LogP contribution in [0.25, 0.3) is 11.3 Å². The van der Waals surface area contributed by atoms with E-state index in [9.17, 15) is 10.5 Å². The second-order valence-electron chi connectivity index (χ2n) is 5.21. The fraction of sp³-hybridized carbons (Fsp3) is 0.250. The number of anilines is 1. The second kappa shape index (κ2) is 6.25. The van der Waals surface area contributed by atoms with E-state index >= 15 is 0 Å². The lowest BCUT2D eigenvalue weighted by molar-refractivity contribution is 0.194. The Kier molecular flexibility index (Phi) is 4.16. The Balaban J connectivity index is 2.11. The van der Waals surface area contributed by atoms with E-state index in [4.69, 9.17) is 10.5 Å². The van der Waals surface area contributed by atoms with Crippen LogP contribution in [0.5, 0.6) is 0 Å². The molecular formula is C16H13N5OS. The molecule has 0 saturated carbocycles. The number of thiol groups is 1. The molecule has 2 aromatic rings. The molecule has 0 radical (unpaired) electrons. The second-order valence-corrected chi connectivity index (χ2v) is 5.63. The van der Waals surface area contributed by atoms with Gasteiger partial charge in [-0.05, 0) is 18.1 Å². The van der Waals surface area contributed by atoms with Crippen molar-refractivity contribution in [1.29, 1.82) is 10.5 Å². The van der Waals surface area contributed by atoms with Crippen LogP contribution in [0.3, 0.4) is 0 Å². The maximum absolute atomic E-state index is 9.37. The number of pyridine rings is 2. The molecule has 0 spiro atoms. The number of hydrogen-bond acceptors (Lipinski definition) is 7. The summed E-state index contributed by atoms with van der Waals surface area (Å²) in [5.41, 5.74) is 8.09. The largest absolute Gasteiger partial charge is 0.383 e. The highest BCUT2D eigenvalue weighted by Crippen LogP contribution is 2.33. The normalized spacial score (nSPS) is 16.7. The monoisotopic (exact) mass is 323 g/mol. The molecule has 1 fully saturated rings. The van der Waals surface area contributed by atoms with Gasteiger partial charge in [-0.15, -0.1) is 12.6 Å². The smallest absolute Gasteiger partial charge is 0.143 e. The Morgan fingerprint density at radius 2 is 2.04 bits per heavy atom. The van der Waals surface area contributed by atoms with E-state index in [1.54, 1.807) is 12.3 Å². The lowest BCUT2D eigenvalue weighted by atomic mass is 9.97. The van der Waals surface area contributed by atoms with Gasteiger partial charge < -0.3 is 10.5 Å². The number of rotatable bonds is 2. The van der Waals surface area contributed by atoms with Crippen LogP contribution in [0.1, 0.15) is 29.0 Å². The first-order valence-corrected chi connectivity index (χ1v) is 7.47. The van der Waals surface area contributed by atoms with Crippen LogP contribution >= 0.6 is 12.6 Å². The number of hydrogen-bond donors (Lipinski definition) is 2. The summed E-state index contributed by atoms with van der Waals surface area (Å²) in [6.45, 7) is 1.45. The Bertz CT molecular complexity index is 791. The van der Waals surface area contributed by atoms with Gasteiger partial charge in [-0.3, -0.25) is 4.98 Å². The molecule has 3 rings (SSSR count). The molecular weight excluding hydrogens is 310 g/mol. The van der Waals surface area contributed by atoms with Gasteiger partial charge in [-0.2, -0.15) is 10.5 Å². The summed E-state index contributed by atoms with van der Waals surface area (Å²) in [5.74, 6) is 0.381. The lowest BCUT2D eigenvalue weighted by Gasteiger charge is -2.12. The minimum absolute atomic E-state index is 0.0431. The van der Waals surface area contributed by atoms with Crippen LogP contribution < -0.4 is 5.73 Å².